The molecule has 0 radical (unpaired) electrons. The Morgan fingerprint density at radius 3 is 2.81 bits per heavy atom. The molecule has 2 rings (SSSR count). The van der Waals surface area contributed by atoms with Crippen molar-refractivity contribution in [1.29, 1.82) is 5.26 Å². The molecule has 7 heteroatoms. The van der Waals surface area contributed by atoms with Crippen molar-refractivity contribution in [2.75, 3.05) is 18.9 Å². The Kier molecular flexibility index (Phi) is 6.06. The summed E-state index contributed by atoms with van der Waals surface area (Å²) >= 11 is 0. The topological polar surface area (TPSA) is 89.2 Å². The van der Waals surface area contributed by atoms with E-state index >= 15 is 0 Å². The van der Waals surface area contributed by atoms with Gasteiger partial charge in [0.15, 0.2) is 11.6 Å². The first-order chi connectivity index (χ1) is 10.0. The van der Waals surface area contributed by atoms with E-state index in [1.54, 1.807) is 11.9 Å². The third-order valence-electron chi connectivity index (χ3n) is 3.14. The summed E-state index contributed by atoms with van der Waals surface area (Å²) in [5.74, 6) is -1.86. The molecule has 0 spiro atoms. The number of nitrogens with zero attached hydrogens (tertiary/aromatic N) is 3. The standard InChI is InChI=1S/C12H13FN4O2.C2H6/c1-17-6-7(2-9(17)4-14)12(19)16-11-10(18)3-8(13)5-15-11;1-2/h3,5,7,9,18H,2,6H2,1H3,(H,15,16,19);1-2H3. The molecule has 1 aromatic rings. The molecule has 0 aliphatic carbocycles. The predicted molar refractivity (Wildman–Crippen MR) is 76.0 cm³/mol. The molecule has 0 aromatic carbocycles. The van der Waals surface area contributed by atoms with Gasteiger partial charge in [-0.25, -0.2) is 9.37 Å². The molecule has 6 nitrogen and oxygen atoms in total. The lowest BCUT2D eigenvalue weighted by Crippen LogP contribution is -2.26. The minimum atomic E-state index is -0.680. The van der Waals surface area contributed by atoms with Crippen LogP contribution < -0.4 is 5.32 Å². The number of anilines is 1. The predicted octanol–water partition coefficient (Wildman–Crippen LogP) is 1.73. The number of carbonyl (C=O) groups is 1. The van der Waals surface area contributed by atoms with Gasteiger partial charge in [-0.3, -0.25) is 9.69 Å². The Balaban J connectivity index is 0.00000106. The molecule has 114 valence electrons. The fourth-order valence-corrected chi connectivity index (χ4v) is 2.08. The maximum Gasteiger partial charge on any atom is 0.230 e. The zero-order valence-electron chi connectivity index (χ0n) is 12.3. The quantitative estimate of drug-likeness (QED) is 0.867. The van der Waals surface area contributed by atoms with Crippen LogP contribution in [0.4, 0.5) is 10.2 Å². The number of hydrogen-bond acceptors (Lipinski definition) is 5. The molecule has 1 aliphatic rings. The number of aromatic hydroxyl groups is 1. The van der Waals surface area contributed by atoms with Gasteiger partial charge in [0, 0.05) is 12.6 Å². The van der Waals surface area contributed by atoms with Gasteiger partial charge >= 0.3 is 0 Å². The van der Waals surface area contributed by atoms with Crippen LogP contribution in [0.15, 0.2) is 12.3 Å². The Morgan fingerprint density at radius 1 is 1.62 bits per heavy atom. The van der Waals surface area contributed by atoms with Crippen LogP contribution in [0, 0.1) is 23.1 Å². The van der Waals surface area contributed by atoms with Crippen molar-refractivity contribution >= 4 is 11.7 Å². The van der Waals surface area contributed by atoms with Gasteiger partial charge in [-0.15, -0.1) is 0 Å². The molecule has 21 heavy (non-hydrogen) atoms. The summed E-state index contributed by atoms with van der Waals surface area (Å²) in [7, 11) is 1.77. The summed E-state index contributed by atoms with van der Waals surface area (Å²) in [5.41, 5.74) is 0. The van der Waals surface area contributed by atoms with E-state index in [-0.39, 0.29) is 23.7 Å². The fraction of sp³-hybridized carbons (Fsp3) is 0.500. The number of nitriles is 1. The Morgan fingerprint density at radius 2 is 2.29 bits per heavy atom. The average Bonchev–Trinajstić information content (AvgIpc) is 2.85. The summed E-state index contributed by atoms with van der Waals surface area (Å²) in [6.45, 7) is 4.46. The molecule has 2 heterocycles. The second-order valence-corrected chi connectivity index (χ2v) is 4.53. The molecular formula is C14H19FN4O2. The van der Waals surface area contributed by atoms with E-state index in [9.17, 15) is 14.3 Å². The molecule has 1 saturated heterocycles. The normalized spacial score (nSPS) is 21.1. The largest absolute Gasteiger partial charge is 0.504 e. The number of pyridine rings is 1. The highest BCUT2D eigenvalue weighted by molar-refractivity contribution is 5.93. The van der Waals surface area contributed by atoms with Gasteiger partial charge in [-0.1, -0.05) is 13.8 Å². The first-order valence-electron chi connectivity index (χ1n) is 6.76. The van der Waals surface area contributed by atoms with Gasteiger partial charge < -0.3 is 10.4 Å². The van der Waals surface area contributed by atoms with Crippen molar-refractivity contribution in [3.63, 3.8) is 0 Å². The van der Waals surface area contributed by atoms with Crippen LogP contribution in [0.5, 0.6) is 5.75 Å². The second-order valence-electron chi connectivity index (χ2n) is 4.53. The number of halogens is 1. The van der Waals surface area contributed by atoms with Gasteiger partial charge in [0.1, 0.15) is 5.82 Å². The van der Waals surface area contributed by atoms with E-state index in [1.165, 1.54) is 0 Å². The van der Waals surface area contributed by atoms with E-state index < -0.39 is 11.6 Å². The lowest BCUT2D eigenvalue weighted by Gasteiger charge is -2.11. The summed E-state index contributed by atoms with van der Waals surface area (Å²) < 4.78 is 12.8. The molecule has 0 bridgehead atoms. The van der Waals surface area contributed by atoms with E-state index in [2.05, 4.69) is 16.4 Å². The molecule has 2 atom stereocenters. The molecule has 1 fully saturated rings. The van der Waals surface area contributed by atoms with E-state index in [0.717, 1.165) is 12.3 Å². The molecular weight excluding hydrogens is 275 g/mol. The van der Waals surface area contributed by atoms with Gasteiger partial charge in [0.05, 0.1) is 24.2 Å². The zero-order valence-corrected chi connectivity index (χ0v) is 12.3. The number of likely N-dealkylation sites (tertiary alicyclic amines) is 1. The van der Waals surface area contributed by atoms with E-state index in [0.29, 0.717) is 13.0 Å². The monoisotopic (exact) mass is 294 g/mol. The van der Waals surface area contributed by atoms with Crippen LogP contribution in [-0.2, 0) is 4.79 Å². The number of amides is 1. The fourth-order valence-electron chi connectivity index (χ4n) is 2.08. The second kappa shape index (κ2) is 7.55. The number of aromatic nitrogens is 1. The van der Waals surface area contributed by atoms with Gasteiger partial charge in [-0.2, -0.15) is 5.26 Å². The van der Waals surface area contributed by atoms with E-state index in [4.69, 9.17) is 5.26 Å². The zero-order chi connectivity index (χ0) is 16.0. The third kappa shape index (κ3) is 4.13. The van der Waals surface area contributed by atoms with E-state index in [1.807, 2.05) is 13.8 Å². The van der Waals surface area contributed by atoms with Crippen molar-refractivity contribution in [2.45, 2.75) is 26.3 Å². The average molecular weight is 294 g/mol. The van der Waals surface area contributed by atoms with Crippen LogP contribution in [-0.4, -0.2) is 40.5 Å². The van der Waals surface area contributed by atoms with Crippen molar-refractivity contribution in [3.8, 4) is 11.8 Å². The lowest BCUT2D eigenvalue weighted by molar-refractivity contribution is -0.119. The minimum absolute atomic E-state index is 0.0746. The van der Waals surface area contributed by atoms with Crippen LogP contribution >= 0.6 is 0 Å². The van der Waals surface area contributed by atoms with Crippen molar-refractivity contribution in [3.05, 3.63) is 18.1 Å². The smallest absolute Gasteiger partial charge is 0.230 e. The maximum absolute atomic E-state index is 12.8. The highest BCUT2D eigenvalue weighted by atomic mass is 19.1. The molecule has 1 aliphatic heterocycles. The first-order valence-corrected chi connectivity index (χ1v) is 6.76. The van der Waals surface area contributed by atoms with Crippen LogP contribution in [0.3, 0.4) is 0 Å². The number of nitrogens with one attached hydrogen (secondary N) is 1. The molecule has 1 amide bonds. The van der Waals surface area contributed by atoms with Gasteiger partial charge in [0.2, 0.25) is 5.91 Å². The molecule has 1 aromatic heterocycles. The summed E-state index contributed by atoms with van der Waals surface area (Å²) in [6, 6.07) is 2.70. The maximum atomic E-state index is 12.8. The van der Waals surface area contributed by atoms with Gasteiger partial charge in [-0.05, 0) is 13.5 Å². The van der Waals surface area contributed by atoms with Crippen LogP contribution in [0.2, 0.25) is 0 Å². The lowest BCUT2D eigenvalue weighted by atomic mass is 10.1. The van der Waals surface area contributed by atoms with Gasteiger partial charge in [0.25, 0.3) is 0 Å². The van der Waals surface area contributed by atoms with Crippen LogP contribution in [0.1, 0.15) is 20.3 Å². The highest BCUT2D eigenvalue weighted by Crippen LogP contribution is 2.25. The summed E-state index contributed by atoms with van der Waals surface area (Å²) in [6.07, 6.45) is 1.34. The summed E-state index contributed by atoms with van der Waals surface area (Å²) in [5, 5.41) is 20.8. The number of carbonyl (C=O) groups excluding carboxylic acids is 1. The van der Waals surface area contributed by atoms with Crippen molar-refractivity contribution in [2.24, 2.45) is 5.92 Å². The first kappa shape index (κ1) is 16.9. The molecule has 2 N–H and O–H groups in total. The number of hydrogen-bond donors (Lipinski definition) is 2. The highest BCUT2D eigenvalue weighted by Gasteiger charge is 2.34. The minimum Gasteiger partial charge on any atom is -0.504 e. The Labute approximate surface area is 123 Å². The third-order valence-corrected chi connectivity index (χ3v) is 3.14. The Bertz CT molecular complexity index is 544. The molecule has 2 unspecified atom stereocenters. The van der Waals surface area contributed by atoms with Crippen LogP contribution in [0.25, 0.3) is 0 Å². The molecule has 0 saturated carbocycles. The van der Waals surface area contributed by atoms with Crippen molar-refractivity contribution < 1.29 is 14.3 Å². The summed E-state index contributed by atoms with van der Waals surface area (Å²) in [4.78, 5) is 17.4. The van der Waals surface area contributed by atoms with Crippen molar-refractivity contribution in [1.82, 2.24) is 9.88 Å². The number of rotatable bonds is 2. The Hall–Kier alpha value is -2.20. The SMILES string of the molecule is CC.CN1CC(C(=O)Nc2ncc(F)cc2O)CC1C#N.